The maximum Gasteiger partial charge on any atom is 0.491 e. The summed E-state index contributed by atoms with van der Waals surface area (Å²) in [6, 6.07) is 3.55. The lowest BCUT2D eigenvalue weighted by atomic mass is 10.1. The van der Waals surface area contributed by atoms with Gasteiger partial charge in [-0.05, 0) is 25.1 Å². The van der Waals surface area contributed by atoms with Gasteiger partial charge in [0.25, 0.3) is 0 Å². The van der Waals surface area contributed by atoms with Gasteiger partial charge in [0, 0.05) is 0 Å². The van der Waals surface area contributed by atoms with Crippen molar-refractivity contribution >= 4 is 11.8 Å². The van der Waals surface area contributed by atoms with Crippen LogP contribution in [0.1, 0.15) is 17.3 Å². The number of esters is 1. The number of hydrogen-bond donors (Lipinski definition) is 0. The Bertz CT molecular complexity index is 480. The Labute approximate surface area is 100 Å². The highest BCUT2D eigenvalue weighted by Gasteiger charge is 2.41. The molecule has 0 spiro atoms. The van der Waals surface area contributed by atoms with Crippen LogP contribution in [0.4, 0.5) is 13.2 Å². The van der Waals surface area contributed by atoms with Crippen LogP contribution in [0.15, 0.2) is 18.2 Å². The molecular weight excluding hydrogens is 253 g/mol. The van der Waals surface area contributed by atoms with Crippen LogP contribution in [-0.4, -0.2) is 25.0 Å². The van der Waals surface area contributed by atoms with Gasteiger partial charge in [-0.2, -0.15) is 13.2 Å². The molecule has 0 bridgehead atoms. The molecule has 0 atom stereocenters. The van der Waals surface area contributed by atoms with Gasteiger partial charge in [0.2, 0.25) is 0 Å². The summed E-state index contributed by atoms with van der Waals surface area (Å²) in [7, 11) is 1.33. The molecule has 0 aromatic heterocycles. The number of benzene rings is 1. The normalized spacial score (nSPS) is 10.9. The van der Waals surface area contributed by atoms with Crippen molar-refractivity contribution < 1.29 is 32.2 Å². The van der Waals surface area contributed by atoms with Crippen LogP contribution in [0.25, 0.3) is 0 Å². The first-order chi connectivity index (χ1) is 8.25. The van der Waals surface area contributed by atoms with Crippen LogP contribution >= 0.6 is 0 Å². The number of Topliss-reactive ketones (excluding diaryl/α,β-unsaturated/α-hetero) is 1. The van der Waals surface area contributed by atoms with Crippen molar-refractivity contribution in [3.8, 4) is 11.5 Å². The molecule has 0 aliphatic heterocycles. The van der Waals surface area contributed by atoms with Crippen molar-refractivity contribution in [3.05, 3.63) is 23.8 Å². The molecule has 7 heteroatoms. The molecule has 0 fully saturated rings. The predicted molar refractivity (Wildman–Crippen MR) is 54.7 cm³/mol. The maximum atomic E-state index is 12.0. The highest BCUT2D eigenvalue weighted by atomic mass is 19.4. The third-order valence-corrected chi connectivity index (χ3v) is 2.00. The molecule has 0 radical (unpaired) electrons. The maximum absolute atomic E-state index is 12.0. The topological polar surface area (TPSA) is 52.6 Å². The molecule has 0 N–H and O–H groups in total. The van der Waals surface area contributed by atoms with Gasteiger partial charge < -0.3 is 9.47 Å². The molecule has 0 saturated heterocycles. The van der Waals surface area contributed by atoms with Gasteiger partial charge in [0.15, 0.2) is 5.78 Å². The first-order valence-electron chi connectivity index (χ1n) is 4.73. The summed E-state index contributed by atoms with van der Waals surface area (Å²) in [5, 5.41) is 0. The summed E-state index contributed by atoms with van der Waals surface area (Å²) in [6.45, 7) is 1.14. The molecule has 1 aromatic rings. The summed E-state index contributed by atoms with van der Waals surface area (Å²) >= 11 is 0. The molecule has 1 rings (SSSR count). The van der Waals surface area contributed by atoms with E-state index in [0.29, 0.717) is 0 Å². The van der Waals surface area contributed by atoms with Crippen LogP contribution in [-0.2, 0) is 4.79 Å². The zero-order valence-corrected chi connectivity index (χ0v) is 9.50. The van der Waals surface area contributed by atoms with E-state index in [-0.39, 0.29) is 11.3 Å². The standard InChI is InChI=1S/C11H9F3O4/c1-6(15)8-5-7(17-2)3-4-9(8)18-10(16)11(12,13)14/h3-5H,1-2H3. The monoisotopic (exact) mass is 262 g/mol. The predicted octanol–water partition coefficient (Wildman–Crippen LogP) is 2.37. The molecule has 1 aromatic carbocycles. The highest BCUT2D eigenvalue weighted by molar-refractivity contribution is 5.98. The van der Waals surface area contributed by atoms with Crippen molar-refractivity contribution in [3.63, 3.8) is 0 Å². The molecule has 0 aliphatic rings. The van der Waals surface area contributed by atoms with Gasteiger partial charge in [-0.1, -0.05) is 0 Å². The number of carbonyl (C=O) groups excluding carboxylic acids is 2. The van der Waals surface area contributed by atoms with Crippen LogP contribution in [0.5, 0.6) is 11.5 Å². The molecule has 4 nitrogen and oxygen atoms in total. The quantitative estimate of drug-likeness (QED) is 0.476. The zero-order chi connectivity index (χ0) is 13.9. The third-order valence-electron chi connectivity index (χ3n) is 2.00. The van der Waals surface area contributed by atoms with E-state index < -0.39 is 23.7 Å². The van der Waals surface area contributed by atoms with Gasteiger partial charge in [0.1, 0.15) is 11.5 Å². The lowest BCUT2D eigenvalue weighted by Gasteiger charge is -2.10. The second-order valence-corrected chi connectivity index (χ2v) is 3.31. The summed E-state index contributed by atoms with van der Waals surface area (Å²) in [4.78, 5) is 21.9. The average Bonchev–Trinajstić information content (AvgIpc) is 2.27. The van der Waals surface area contributed by atoms with E-state index in [0.717, 1.165) is 13.0 Å². The molecule has 0 unspecified atom stereocenters. The summed E-state index contributed by atoms with van der Waals surface area (Å²) < 4.78 is 45.0. The lowest BCUT2D eigenvalue weighted by Crippen LogP contribution is -2.28. The molecule has 0 aliphatic carbocycles. The van der Waals surface area contributed by atoms with Gasteiger partial charge in [-0.3, -0.25) is 4.79 Å². The Balaban J connectivity index is 3.09. The number of rotatable bonds is 3. The number of alkyl halides is 3. The number of ketones is 1. The lowest BCUT2D eigenvalue weighted by molar-refractivity contribution is -0.189. The van der Waals surface area contributed by atoms with Crippen molar-refractivity contribution in [1.29, 1.82) is 0 Å². The number of hydrogen-bond acceptors (Lipinski definition) is 4. The number of ether oxygens (including phenoxy) is 2. The second kappa shape index (κ2) is 5.07. The van der Waals surface area contributed by atoms with E-state index >= 15 is 0 Å². The van der Waals surface area contributed by atoms with Crippen LogP contribution in [0, 0.1) is 0 Å². The fourth-order valence-electron chi connectivity index (χ4n) is 1.16. The highest BCUT2D eigenvalue weighted by Crippen LogP contribution is 2.27. The minimum absolute atomic E-state index is 0.160. The molecule has 0 amide bonds. The first-order valence-corrected chi connectivity index (χ1v) is 4.73. The van der Waals surface area contributed by atoms with Crippen LogP contribution < -0.4 is 9.47 Å². The van der Waals surface area contributed by atoms with Gasteiger partial charge in [-0.15, -0.1) is 0 Å². The molecular formula is C11H9F3O4. The van der Waals surface area contributed by atoms with E-state index in [1.54, 1.807) is 0 Å². The third kappa shape index (κ3) is 3.22. The van der Waals surface area contributed by atoms with Crippen molar-refractivity contribution in [2.75, 3.05) is 7.11 Å². The Hall–Kier alpha value is -2.05. The van der Waals surface area contributed by atoms with Crippen LogP contribution in [0.3, 0.4) is 0 Å². The number of halogens is 3. The smallest absolute Gasteiger partial charge is 0.491 e. The summed E-state index contributed by atoms with van der Waals surface area (Å²) in [6.07, 6.45) is -5.12. The minimum Gasteiger partial charge on any atom is -0.497 e. The second-order valence-electron chi connectivity index (χ2n) is 3.31. The van der Waals surface area contributed by atoms with E-state index in [1.807, 2.05) is 0 Å². The molecule has 18 heavy (non-hydrogen) atoms. The first kappa shape index (κ1) is 14.0. The van der Waals surface area contributed by atoms with Crippen molar-refractivity contribution in [2.45, 2.75) is 13.1 Å². The largest absolute Gasteiger partial charge is 0.497 e. The molecule has 0 saturated carbocycles. The van der Waals surface area contributed by atoms with Crippen molar-refractivity contribution in [1.82, 2.24) is 0 Å². The Morgan fingerprint density at radius 1 is 1.22 bits per heavy atom. The van der Waals surface area contributed by atoms with E-state index in [1.165, 1.54) is 19.2 Å². The van der Waals surface area contributed by atoms with E-state index in [2.05, 4.69) is 4.74 Å². The Morgan fingerprint density at radius 3 is 2.28 bits per heavy atom. The van der Waals surface area contributed by atoms with E-state index in [4.69, 9.17) is 4.74 Å². The molecule has 0 heterocycles. The van der Waals surface area contributed by atoms with Gasteiger partial charge >= 0.3 is 12.1 Å². The Morgan fingerprint density at radius 2 is 1.83 bits per heavy atom. The van der Waals surface area contributed by atoms with Crippen LogP contribution in [0.2, 0.25) is 0 Å². The number of carbonyl (C=O) groups is 2. The SMILES string of the molecule is COc1ccc(OC(=O)C(F)(F)F)c(C(C)=O)c1. The average molecular weight is 262 g/mol. The fraction of sp³-hybridized carbons (Fsp3) is 0.273. The van der Waals surface area contributed by atoms with Gasteiger partial charge in [-0.25, -0.2) is 4.79 Å². The fourth-order valence-corrected chi connectivity index (χ4v) is 1.16. The summed E-state index contributed by atoms with van der Waals surface area (Å²) in [5.74, 6) is -3.10. The zero-order valence-electron chi connectivity index (χ0n) is 9.50. The van der Waals surface area contributed by atoms with E-state index in [9.17, 15) is 22.8 Å². The van der Waals surface area contributed by atoms with Crippen molar-refractivity contribution in [2.24, 2.45) is 0 Å². The molecule has 98 valence electrons. The summed E-state index contributed by atoms with van der Waals surface area (Å²) in [5.41, 5.74) is -0.160. The minimum atomic E-state index is -5.12. The number of methoxy groups -OCH3 is 1. The Kier molecular flexibility index (Phi) is 3.95. The van der Waals surface area contributed by atoms with Gasteiger partial charge in [0.05, 0.1) is 12.7 Å².